The van der Waals surface area contributed by atoms with Gasteiger partial charge in [0.25, 0.3) is 0 Å². The van der Waals surface area contributed by atoms with Crippen LogP contribution in [0.15, 0.2) is 12.3 Å². The van der Waals surface area contributed by atoms with Crippen molar-refractivity contribution in [3.63, 3.8) is 0 Å². The third-order valence-corrected chi connectivity index (χ3v) is 13.6. The van der Waals surface area contributed by atoms with E-state index >= 15 is 0 Å². The fourth-order valence-corrected chi connectivity index (χ4v) is 9.85. The predicted molar refractivity (Wildman–Crippen MR) is 190 cm³/mol. The first-order chi connectivity index (χ1) is 24.7. The molecular formula is C27H49InN8O15S2. The van der Waals surface area contributed by atoms with Crippen LogP contribution in [0.3, 0.4) is 0 Å². The van der Waals surface area contributed by atoms with Crippen LogP contribution in [-0.2, 0) is 37.3 Å². The maximum absolute atomic E-state index is 13.4. The molecule has 302 valence electrons. The van der Waals surface area contributed by atoms with Gasteiger partial charge in [0.05, 0.1) is 27.5 Å². The van der Waals surface area contributed by atoms with E-state index < -0.39 is 104 Å². The van der Waals surface area contributed by atoms with Crippen LogP contribution in [0.25, 0.3) is 0 Å². The molecule has 3 saturated heterocycles. The number of carbonyl (C=O) groups is 6. The zero-order valence-corrected chi connectivity index (χ0v) is 34.1. The predicted octanol–water partition coefficient (Wildman–Crippen LogP) is -3.49. The van der Waals surface area contributed by atoms with Gasteiger partial charge < -0.3 is 43.3 Å². The first-order valence-electron chi connectivity index (χ1n) is 16.5. The van der Waals surface area contributed by atoms with Gasteiger partial charge in [-0.2, -0.15) is 0 Å². The monoisotopic (exact) mass is 904 g/mol. The fraction of sp³-hybridized carbons (Fsp3) is 0.704. The Morgan fingerprint density at radius 1 is 0.698 bits per heavy atom. The summed E-state index contributed by atoms with van der Waals surface area (Å²) in [5, 5.41) is 9.16. The molecule has 0 aromatic carbocycles. The van der Waals surface area contributed by atoms with Crippen molar-refractivity contribution in [2.75, 3.05) is 103 Å². The van der Waals surface area contributed by atoms with Gasteiger partial charge in [0, 0.05) is 20.0 Å². The van der Waals surface area contributed by atoms with E-state index in [0.717, 1.165) is 0 Å². The Morgan fingerprint density at radius 2 is 1.15 bits per heavy atom. The van der Waals surface area contributed by atoms with Crippen LogP contribution in [-0.4, -0.2) is 220 Å². The first-order valence-corrected chi connectivity index (χ1v) is 23.8. The molecule has 0 saturated carbocycles. The molecule has 0 radical (unpaired) electrons. The van der Waals surface area contributed by atoms with Crippen molar-refractivity contribution >= 4 is 80.1 Å². The molecule has 53 heavy (non-hydrogen) atoms. The van der Waals surface area contributed by atoms with Crippen LogP contribution < -0.4 is 21.3 Å². The van der Waals surface area contributed by atoms with Crippen molar-refractivity contribution in [1.82, 2.24) is 40.9 Å². The van der Waals surface area contributed by atoms with Gasteiger partial charge in [0.15, 0.2) is 0 Å². The van der Waals surface area contributed by atoms with Crippen LogP contribution in [0, 0.1) is 0 Å². The van der Waals surface area contributed by atoms with Gasteiger partial charge >= 0.3 is 197 Å². The van der Waals surface area contributed by atoms with E-state index in [9.17, 15) is 56.1 Å². The van der Waals surface area contributed by atoms with Gasteiger partial charge in [-0.3, -0.25) is 14.4 Å². The van der Waals surface area contributed by atoms with Crippen LogP contribution in [0.5, 0.6) is 0 Å². The van der Waals surface area contributed by atoms with Gasteiger partial charge in [0.1, 0.15) is 6.04 Å². The van der Waals surface area contributed by atoms with Crippen molar-refractivity contribution in [3.05, 3.63) is 12.3 Å². The molecule has 3 aliphatic rings. The third-order valence-electron chi connectivity index (χ3n) is 7.98. The summed E-state index contributed by atoms with van der Waals surface area (Å²) >= 11 is -4.08. The number of carbonyl (C=O) groups excluding carboxylic acids is 6. The second kappa shape index (κ2) is 21.0. The molecular weight excluding hydrogens is 855 g/mol. The molecule has 4 atom stereocenters. The molecule has 0 spiro atoms. The second-order valence-corrected chi connectivity index (χ2v) is 19.4. The number of fused-ring (bicyclic) bond motifs is 7. The molecule has 26 heteroatoms. The summed E-state index contributed by atoms with van der Waals surface area (Å²) in [6, 6.07) is -3.68. The Labute approximate surface area is 318 Å². The molecule has 10 N–H and O–H groups in total. The molecule has 3 rings (SSSR count). The fourth-order valence-electron chi connectivity index (χ4n) is 5.44. The third kappa shape index (κ3) is 18.1. The Hall–Kier alpha value is -2.47. The topological polar surface area (TPSA) is 313 Å². The molecule has 0 aromatic heterocycles. The molecule has 4 amide bonds. The molecule has 4 bridgehead atoms. The average Bonchev–Trinajstić information content (AvgIpc) is 3.05. The van der Waals surface area contributed by atoms with Crippen molar-refractivity contribution < 1.29 is 64.6 Å². The maximum atomic E-state index is 13.4. The Morgan fingerprint density at radius 3 is 1.64 bits per heavy atom. The van der Waals surface area contributed by atoms with E-state index in [1.807, 2.05) is 9.80 Å². The zero-order chi connectivity index (χ0) is 39.3. The molecule has 3 aliphatic heterocycles. The Balaban J connectivity index is 1.77. The van der Waals surface area contributed by atoms with Crippen molar-refractivity contribution in [1.29, 1.82) is 0 Å². The van der Waals surface area contributed by atoms with Crippen molar-refractivity contribution in [3.8, 4) is 0 Å². The molecule has 3 heterocycles. The average molecular weight is 905 g/mol. The van der Waals surface area contributed by atoms with Gasteiger partial charge in [-0.25, -0.2) is 0 Å². The van der Waals surface area contributed by atoms with E-state index in [1.165, 1.54) is 6.92 Å². The van der Waals surface area contributed by atoms with Crippen LogP contribution in [0.4, 0.5) is 0 Å². The summed E-state index contributed by atoms with van der Waals surface area (Å²) in [6.07, 6.45) is 0. The molecule has 0 aliphatic carbocycles. The van der Waals surface area contributed by atoms with Crippen molar-refractivity contribution in [2.24, 2.45) is 0 Å². The van der Waals surface area contributed by atoms with Crippen LogP contribution >= 0.6 is 21.7 Å². The summed E-state index contributed by atoms with van der Waals surface area (Å²) in [5.74, 6) is -6.61. The number of hydrogen-bond donors (Lipinski definition) is 10. The van der Waals surface area contributed by atoms with Gasteiger partial charge in [-0.1, -0.05) is 0 Å². The molecule has 23 nitrogen and oxygen atoms in total. The Bertz CT molecular complexity index is 1300. The quantitative estimate of drug-likeness (QED) is 0.0802. The minimum atomic E-state index is -4.42. The van der Waals surface area contributed by atoms with E-state index in [0.29, 0.717) is 38.5 Å². The minimum absolute atomic E-state index is 0.0201. The summed E-state index contributed by atoms with van der Waals surface area (Å²) in [5.41, 5.74) is 0. The SMILES string of the molecule is C=C1CN2CCN3CCN(CC(=O)N[C@@H](CS(O)(O)O)C(=O)N[C@@H](CS(O)(O)O)C(=O)NCCNC(C)=O)CCN(CC2)CC(=O)[O][In]([O]1)[O]C(=O)C3. The number of nitrogens with zero attached hydrogens (tertiary/aromatic N) is 4. The summed E-state index contributed by atoms with van der Waals surface area (Å²) < 4.78 is 74.9. The standard InChI is InChI=1S/C27H52N8O15S2.In/c1-19(36)13-32-5-9-34(15-24(39)40)11-7-33(8-12-35(10-6-32)16-25(41)42)14-23(38)30-22(18-52(48,49)50)27(44)31-21(17-51(45,46)47)26(43)29-4-3-28-20(2)37;/h21-22,36,45-50H,1,3-18H2,2H3,(H,28,37)(H,29,43)(H,30,38)(H,31,44)(H,39,40)(H,41,42);/q;+3/p-3/t21-,22-;/m0./s1. The molecule has 0 aromatic rings. The Kier molecular flexibility index (Phi) is 17.8. The van der Waals surface area contributed by atoms with Crippen molar-refractivity contribution in [2.45, 2.75) is 19.0 Å². The number of hydrogen-bond acceptors (Lipinski definition) is 19. The summed E-state index contributed by atoms with van der Waals surface area (Å²) in [6.45, 7) is 7.53. The van der Waals surface area contributed by atoms with E-state index in [1.54, 1.807) is 4.90 Å². The van der Waals surface area contributed by atoms with Gasteiger partial charge in [0.2, 0.25) is 11.8 Å². The second-order valence-electron chi connectivity index (χ2n) is 12.6. The normalized spacial score (nSPS) is 23.9. The molecule has 3 fully saturated rings. The molecule has 2 unspecified atom stereocenters. The van der Waals surface area contributed by atoms with Gasteiger partial charge in [-0.15, -0.1) is 0 Å². The van der Waals surface area contributed by atoms with Crippen LogP contribution in [0.1, 0.15) is 6.92 Å². The summed E-state index contributed by atoms with van der Waals surface area (Å²) in [7, 11) is -8.79. The number of amides is 4. The van der Waals surface area contributed by atoms with E-state index in [4.69, 9.17) is 8.56 Å². The zero-order valence-electron chi connectivity index (χ0n) is 29.2. The number of nitrogens with one attached hydrogen (secondary N) is 4. The van der Waals surface area contributed by atoms with E-state index in [-0.39, 0.29) is 58.9 Å². The van der Waals surface area contributed by atoms with Crippen LogP contribution in [0.2, 0.25) is 0 Å². The van der Waals surface area contributed by atoms with E-state index in [2.05, 4.69) is 32.7 Å². The number of rotatable bonds is 13. The van der Waals surface area contributed by atoms with Gasteiger partial charge in [-0.05, 0) is 0 Å². The summed E-state index contributed by atoms with van der Waals surface area (Å²) in [4.78, 5) is 83.7. The first kappa shape index (κ1) is 44.9.